The van der Waals surface area contributed by atoms with Gasteiger partial charge in [-0.15, -0.1) is 0 Å². The fourth-order valence-electron chi connectivity index (χ4n) is 3.31. The number of benzene rings is 2. The van der Waals surface area contributed by atoms with Crippen molar-refractivity contribution in [1.29, 1.82) is 0 Å². The Labute approximate surface area is 149 Å². The van der Waals surface area contributed by atoms with Crippen LogP contribution in [0.15, 0.2) is 42.5 Å². The summed E-state index contributed by atoms with van der Waals surface area (Å²) in [5.41, 5.74) is 4.59. The molecule has 0 atom stereocenters. The molecule has 4 nitrogen and oxygen atoms in total. The molecule has 132 valence electrons. The summed E-state index contributed by atoms with van der Waals surface area (Å²) < 4.78 is 5.89. The number of hydrogen-bond donors (Lipinski definition) is 1. The molecule has 1 N–H and O–H groups in total. The lowest BCUT2D eigenvalue weighted by molar-refractivity contribution is 0.244. The number of carbonyl (C=O) groups is 1. The summed E-state index contributed by atoms with van der Waals surface area (Å²) in [4.78, 5) is 14.3. The zero-order valence-electron chi connectivity index (χ0n) is 15.0. The first kappa shape index (κ1) is 17.3. The third-order valence-electron chi connectivity index (χ3n) is 4.61. The van der Waals surface area contributed by atoms with Gasteiger partial charge in [0.25, 0.3) is 0 Å². The van der Waals surface area contributed by atoms with Crippen LogP contribution in [-0.4, -0.2) is 25.7 Å². The molecule has 1 aliphatic heterocycles. The molecule has 3 rings (SSSR count). The second-order valence-corrected chi connectivity index (χ2v) is 6.54. The molecule has 1 heterocycles. The van der Waals surface area contributed by atoms with Crippen LogP contribution in [0.25, 0.3) is 0 Å². The second-order valence-electron chi connectivity index (χ2n) is 6.54. The minimum atomic E-state index is -0.0146. The van der Waals surface area contributed by atoms with Crippen molar-refractivity contribution in [1.82, 2.24) is 5.32 Å². The van der Waals surface area contributed by atoms with E-state index in [1.807, 2.05) is 29.2 Å². The largest absolute Gasteiger partial charge is 0.493 e. The smallest absolute Gasteiger partial charge is 0.321 e. The highest BCUT2D eigenvalue weighted by molar-refractivity contribution is 5.93. The van der Waals surface area contributed by atoms with E-state index in [0.717, 1.165) is 48.4 Å². The lowest BCUT2D eigenvalue weighted by Crippen LogP contribution is -2.43. The Bertz CT molecular complexity index is 722. The van der Waals surface area contributed by atoms with Crippen molar-refractivity contribution < 1.29 is 9.53 Å². The van der Waals surface area contributed by atoms with E-state index in [4.69, 9.17) is 4.74 Å². The van der Waals surface area contributed by atoms with Crippen molar-refractivity contribution in [2.24, 2.45) is 0 Å². The Kier molecular flexibility index (Phi) is 5.59. The van der Waals surface area contributed by atoms with Crippen LogP contribution < -0.4 is 15.0 Å². The Morgan fingerprint density at radius 2 is 1.88 bits per heavy atom. The lowest BCUT2D eigenvalue weighted by Gasteiger charge is -2.29. The van der Waals surface area contributed by atoms with Gasteiger partial charge in [0.15, 0.2) is 0 Å². The van der Waals surface area contributed by atoms with Crippen molar-refractivity contribution in [3.63, 3.8) is 0 Å². The van der Waals surface area contributed by atoms with Crippen molar-refractivity contribution >= 4 is 11.7 Å². The first-order chi connectivity index (χ1) is 12.2. The van der Waals surface area contributed by atoms with Crippen molar-refractivity contribution in [3.8, 4) is 5.75 Å². The van der Waals surface area contributed by atoms with Crippen molar-refractivity contribution in [2.45, 2.75) is 33.1 Å². The quantitative estimate of drug-likeness (QED) is 0.829. The highest BCUT2D eigenvalue weighted by Gasteiger charge is 2.21. The molecule has 0 spiro atoms. The molecule has 0 aliphatic carbocycles. The van der Waals surface area contributed by atoms with Crippen molar-refractivity contribution in [2.75, 3.05) is 24.6 Å². The summed E-state index contributed by atoms with van der Waals surface area (Å²) in [6.07, 6.45) is 2.85. The predicted molar refractivity (Wildman–Crippen MR) is 102 cm³/mol. The first-order valence-electron chi connectivity index (χ1n) is 8.99. The number of hydrogen-bond acceptors (Lipinski definition) is 2. The van der Waals surface area contributed by atoms with E-state index in [-0.39, 0.29) is 6.03 Å². The summed E-state index contributed by atoms with van der Waals surface area (Å²) >= 11 is 0. The molecule has 0 unspecified atom stereocenters. The fraction of sp³-hybridized carbons (Fsp3) is 0.381. The first-order valence-corrected chi connectivity index (χ1v) is 8.99. The van der Waals surface area contributed by atoms with Gasteiger partial charge in [0.2, 0.25) is 0 Å². The highest BCUT2D eigenvalue weighted by Crippen LogP contribution is 2.26. The minimum absolute atomic E-state index is 0.0146. The van der Waals surface area contributed by atoms with E-state index in [1.54, 1.807) is 0 Å². The van der Waals surface area contributed by atoms with E-state index < -0.39 is 0 Å². The second kappa shape index (κ2) is 8.06. The Morgan fingerprint density at radius 3 is 2.68 bits per heavy atom. The van der Waals surface area contributed by atoms with Crippen molar-refractivity contribution in [3.05, 3.63) is 59.2 Å². The van der Waals surface area contributed by atoms with Crippen LogP contribution >= 0.6 is 0 Å². The maximum absolute atomic E-state index is 12.5. The zero-order valence-corrected chi connectivity index (χ0v) is 15.0. The summed E-state index contributed by atoms with van der Waals surface area (Å²) in [7, 11) is 0. The number of fused-ring (bicyclic) bond motifs is 1. The molecule has 25 heavy (non-hydrogen) atoms. The van der Waals surface area contributed by atoms with Gasteiger partial charge in [0.1, 0.15) is 5.75 Å². The monoisotopic (exact) mass is 338 g/mol. The van der Waals surface area contributed by atoms with Crippen LogP contribution in [0.1, 0.15) is 29.5 Å². The summed E-state index contributed by atoms with van der Waals surface area (Å²) in [5.74, 6) is 0.957. The maximum Gasteiger partial charge on any atom is 0.321 e. The van der Waals surface area contributed by atoms with Gasteiger partial charge in [-0.1, -0.05) is 36.4 Å². The summed E-state index contributed by atoms with van der Waals surface area (Å²) in [6, 6.07) is 14.3. The van der Waals surface area contributed by atoms with Gasteiger partial charge in [-0.2, -0.15) is 0 Å². The summed E-state index contributed by atoms with van der Waals surface area (Å²) in [6.45, 7) is 6.10. The van der Waals surface area contributed by atoms with E-state index >= 15 is 0 Å². The van der Waals surface area contributed by atoms with E-state index in [1.165, 1.54) is 5.56 Å². The number of aryl methyl sites for hydroxylation is 3. The standard InChI is InChI=1S/C21H26N2O2/c1-16-8-5-9-17(2)20(16)25-15-7-13-22-21(24)23-14-6-11-18-10-3-4-12-19(18)23/h3-5,8-10,12H,6-7,11,13-15H2,1-2H3,(H,22,24). The number of para-hydroxylation sites is 2. The molecule has 2 amide bonds. The fourth-order valence-corrected chi connectivity index (χ4v) is 3.31. The number of amides is 2. The number of carbonyl (C=O) groups excluding carboxylic acids is 1. The van der Waals surface area contributed by atoms with Gasteiger partial charge >= 0.3 is 6.03 Å². The highest BCUT2D eigenvalue weighted by atomic mass is 16.5. The molecule has 0 fully saturated rings. The van der Waals surface area contributed by atoms with Gasteiger partial charge in [-0.3, -0.25) is 4.90 Å². The number of urea groups is 1. The molecule has 0 bridgehead atoms. The minimum Gasteiger partial charge on any atom is -0.493 e. The molecule has 0 aromatic heterocycles. The Morgan fingerprint density at radius 1 is 1.12 bits per heavy atom. The third kappa shape index (κ3) is 4.13. The summed E-state index contributed by atoms with van der Waals surface area (Å²) in [5, 5.41) is 3.02. The molecule has 4 heteroatoms. The lowest BCUT2D eigenvalue weighted by atomic mass is 10.0. The Balaban J connectivity index is 1.46. The van der Waals surface area contributed by atoms with Gasteiger partial charge in [0, 0.05) is 18.8 Å². The van der Waals surface area contributed by atoms with E-state index in [2.05, 4.69) is 37.4 Å². The van der Waals surface area contributed by atoms with Gasteiger partial charge < -0.3 is 10.1 Å². The molecule has 2 aromatic carbocycles. The number of nitrogens with zero attached hydrogens (tertiary/aromatic N) is 1. The number of rotatable bonds is 5. The SMILES string of the molecule is Cc1cccc(C)c1OCCCNC(=O)N1CCCc2ccccc21. The maximum atomic E-state index is 12.5. The third-order valence-corrected chi connectivity index (χ3v) is 4.61. The van der Waals surface area contributed by atoms with Gasteiger partial charge in [-0.05, 0) is 55.9 Å². The van der Waals surface area contributed by atoms with Crippen LogP contribution in [0.5, 0.6) is 5.75 Å². The molecular formula is C21H26N2O2. The van der Waals surface area contributed by atoms with E-state index in [9.17, 15) is 4.79 Å². The topological polar surface area (TPSA) is 41.6 Å². The van der Waals surface area contributed by atoms with E-state index in [0.29, 0.717) is 13.2 Å². The molecule has 1 aliphatic rings. The average Bonchev–Trinajstić information content (AvgIpc) is 2.63. The number of ether oxygens (including phenoxy) is 1. The molecule has 2 aromatic rings. The van der Waals surface area contributed by atoms with Crippen LogP contribution in [0.4, 0.5) is 10.5 Å². The van der Waals surface area contributed by atoms with Gasteiger partial charge in [-0.25, -0.2) is 4.79 Å². The Hall–Kier alpha value is -2.49. The number of nitrogens with one attached hydrogen (secondary N) is 1. The van der Waals surface area contributed by atoms with Crippen LogP contribution in [0.3, 0.4) is 0 Å². The number of anilines is 1. The molecule has 0 saturated carbocycles. The average molecular weight is 338 g/mol. The van der Waals surface area contributed by atoms with Crippen LogP contribution in [-0.2, 0) is 6.42 Å². The van der Waals surface area contributed by atoms with Crippen LogP contribution in [0.2, 0.25) is 0 Å². The predicted octanol–water partition coefficient (Wildman–Crippen LogP) is 4.23. The zero-order chi connectivity index (χ0) is 17.6. The normalized spacial score (nSPS) is 13.3. The van der Waals surface area contributed by atoms with Gasteiger partial charge in [0.05, 0.1) is 6.61 Å². The van der Waals surface area contributed by atoms with Crippen LogP contribution in [0, 0.1) is 13.8 Å². The molecule has 0 saturated heterocycles. The molecular weight excluding hydrogens is 312 g/mol. The molecule has 0 radical (unpaired) electrons.